The monoisotopic (exact) mass is 310 g/mol. The Bertz CT molecular complexity index is 693. The molecule has 0 spiro atoms. The first-order valence-corrected chi connectivity index (χ1v) is 8.01. The summed E-state index contributed by atoms with van der Waals surface area (Å²) in [6, 6.07) is 14.3. The van der Waals surface area contributed by atoms with Crippen LogP contribution in [0.25, 0.3) is 0 Å². The molecule has 1 aliphatic rings. The van der Waals surface area contributed by atoms with Crippen molar-refractivity contribution in [1.82, 2.24) is 0 Å². The van der Waals surface area contributed by atoms with E-state index in [1.807, 2.05) is 24.3 Å². The van der Waals surface area contributed by atoms with Gasteiger partial charge in [-0.25, -0.2) is 0 Å². The Morgan fingerprint density at radius 2 is 1.91 bits per heavy atom. The van der Waals surface area contributed by atoms with E-state index < -0.39 is 0 Å². The van der Waals surface area contributed by atoms with Crippen molar-refractivity contribution in [2.75, 3.05) is 14.2 Å². The van der Waals surface area contributed by atoms with Crippen molar-refractivity contribution in [2.45, 2.75) is 31.1 Å². The van der Waals surface area contributed by atoms with Crippen molar-refractivity contribution in [2.24, 2.45) is 0 Å². The number of fused-ring (bicyclic) bond motifs is 1. The third kappa shape index (κ3) is 2.96. The molecule has 3 rings (SSSR count). The summed E-state index contributed by atoms with van der Waals surface area (Å²) in [7, 11) is 3.39. The average Bonchev–Trinajstić information content (AvgIpc) is 2.61. The Kier molecular flexibility index (Phi) is 4.65. The first-order chi connectivity index (χ1) is 11.3. The normalized spacial score (nSPS) is 19.7. The SMILES string of the molecule is COc1ccc2c(c1)CCC(c1ccccc1OC)C2CC=O. The predicted octanol–water partition coefficient (Wildman–Crippen LogP) is 4.11. The van der Waals surface area contributed by atoms with Gasteiger partial charge in [-0.2, -0.15) is 0 Å². The number of carbonyl (C=O) groups excluding carboxylic acids is 1. The summed E-state index contributed by atoms with van der Waals surface area (Å²) in [5, 5.41) is 0. The van der Waals surface area contributed by atoms with E-state index in [1.165, 1.54) is 16.7 Å². The number of aldehydes is 1. The molecule has 3 heteroatoms. The zero-order valence-corrected chi connectivity index (χ0v) is 13.6. The minimum Gasteiger partial charge on any atom is -0.497 e. The summed E-state index contributed by atoms with van der Waals surface area (Å²) in [5.41, 5.74) is 3.76. The van der Waals surface area contributed by atoms with Crippen molar-refractivity contribution in [1.29, 1.82) is 0 Å². The summed E-state index contributed by atoms with van der Waals surface area (Å²) in [6.07, 6.45) is 3.57. The van der Waals surface area contributed by atoms with Crippen LogP contribution in [0.5, 0.6) is 11.5 Å². The number of hydrogen-bond donors (Lipinski definition) is 0. The number of para-hydroxylation sites is 1. The molecule has 0 aliphatic heterocycles. The van der Waals surface area contributed by atoms with Crippen molar-refractivity contribution < 1.29 is 14.3 Å². The molecule has 0 saturated carbocycles. The van der Waals surface area contributed by atoms with Crippen molar-refractivity contribution in [3.8, 4) is 11.5 Å². The van der Waals surface area contributed by atoms with Crippen LogP contribution >= 0.6 is 0 Å². The Morgan fingerprint density at radius 1 is 1.09 bits per heavy atom. The van der Waals surface area contributed by atoms with E-state index >= 15 is 0 Å². The Balaban J connectivity index is 2.03. The number of rotatable bonds is 5. The molecule has 23 heavy (non-hydrogen) atoms. The highest BCUT2D eigenvalue weighted by molar-refractivity contribution is 5.55. The van der Waals surface area contributed by atoms with E-state index in [9.17, 15) is 4.79 Å². The summed E-state index contributed by atoms with van der Waals surface area (Å²) in [6.45, 7) is 0. The molecule has 0 saturated heterocycles. The van der Waals surface area contributed by atoms with E-state index in [-0.39, 0.29) is 5.92 Å². The number of aryl methyl sites for hydroxylation is 1. The van der Waals surface area contributed by atoms with Crippen LogP contribution in [0.3, 0.4) is 0 Å². The second kappa shape index (κ2) is 6.86. The van der Waals surface area contributed by atoms with Gasteiger partial charge in [0, 0.05) is 6.42 Å². The number of carbonyl (C=O) groups is 1. The van der Waals surface area contributed by atoms with Crippen LogP contribution in [0.4, 0.5) is 0 Å². The van der Waals surface area contributed by atoms with Gasteiger partial charge >= 0.3 is 0 Å². The summed E-state index contributed by atoms with van der Waals surface area (Å²) in [5.74, 6) is 2.28. The molecule has 0 N–H and O–H groups in total. The molecule has 0 fully saturated rings. The lowest BCUT2D eigenvalue weighted by Crippen LogP contribution is -2.20. The van der Waals surface area contributed by atoms with Crippen molar-refractivity contribution in [3.63, 3.8) is 0 Å². The maximum Gasteiger partial charge on any atom is 0.122 e. The van der Waals surface area contributed by atoms with Crippen molar-refractivity contribution >= 4 is 6.29 Å². The highest BCUT2D eigenvalue weighted by atomic mass is 16.5. The van der Waals surface area contributed by atoms with Gasteiger partial charge in [0.15, 0.2) is 0 Å². The second-order valence-corrected chi connectivity index (χ2v) is 5.96. The van der Waals surface area contributed by atoms with Crippen LogP contribution in [0.15, 0.2) is 42.5 Å². The molecule has 0 aromatic heterocycles. The number of methoxy groups -OCH3 is 2. The van der Waals surface area contributed by atoms with Gasteiger partial charge in [0.05, 0.1) is 14.2 Å². The average molecular weight is 310 g/mol. The molecular formula is C20H22O3. The van der Waals surface area contributed by atoms with Crippen LogP contribution in [0.1, 0.15) is 41.4 Å². The van der Waals surface area contributed by atoms with E-state index in [2.05, 4.69) is 18.2 Å². The van der Waals surface area contributed by atoms with Crippen LogP contribution in [0.2, 0.25) is 0 Å². The molecule has 3 nitrogen and oxygen atoms in total. The fourth-order valence-corrected chi connectivity index (χ4v) is 3.76. The molecule has 2 aromatic carbocycles. The fourth-order valence-electron chi connectivity index (χ4n) is 3.76. The standard InChI is InChI=1S/C20H22O3/c1-22-15-8-10-16-14(13-15)7-9-17(18(16)11-12-21)19-5-3-4-6-20(19)23-2/h3-6,8,10,12-13,17-18H,7,9,11H2,1-2H3. The minimum absolute atomic E-state index is 0.193. The Labute approximate surface area is 137 Å². The van der Waals surface area contributed by atoms with E-state index in [0.717, 1.165) is 30.6 Å². The Morgan fingerprint density at radius 3 is 2.65 bits per heavy atom. The summed E-state index contributed by atoms with van der Waals surface area (Å²) in [4.78, 5) is 11.3. The van der Waals surface area contributed by atoms with Crippen LogP contribution in [-0.4, -0.2) is 20.5 Å². The first-order valence-electron chi connectivity index (χ1n) is 8.01. The summed E-state index contributed by atoms with van der Waals surface area (Å²) < 4.78 is 10.9. The Hall–Kier alpha value is -2.29. The highest BCUT2D eigenvalue weighted by Crippen LogP contribution is 2.46. The molecule has 1 aliphatic carbocycles. The third-order valence-electron chi connectivity index (χ3n) is 4.85. The molecule has 0 amide bonds. The van der Waals surface area contributed by atoms with Gasteiger partial charge in [-0.3, -0.25) is 0 Å². The molecule has 2 aromatic rings. The highest BCUT2D eigenvalue weighted by Gasteiger charge is 2.32. The lowest BCUT2D eigenvalue weighted by Gasteiger charge is -2.34. The van der Waals surface area contributed by atoms with Crippen LogP contribution < -0.4 is 9.47 Å². The van der Waals surface area contributed by atoms with E-state index in [0.29, 0.717) is 12.3 Å². The lowest BCUT2D eigenvalue weighted by atomic mass is 9.70. The minimum atomic E-state index is 0.193. The lowest BCUT2D eigenvalue weighted by molar-refractivity contribution is -0.108. The fraction of sp³-hybridized carbons (Fsp3) is 0.350. The van der Waals surface area contributed by atoms with E-state index in [1.54, 1.807) is 14.2 Å². The van der Waals surface area contributed by atoms with Gasteiger partial charge in [-0.1, -0.05) is 24.3 Å². The van der Waals surface area contributed by atoms with Gasteiger partial charge in [0.25, 0.3) is 0 Å². The smallest absolute Gasteiger partial charge is 0.122 e. The zero-order chi connectivity index (χ0) is 16.2. The quantitative estimate of drug-likeness (QED) is 0.780. The topological polar surface area (TPSA) is 35.5 Å². The third-order valence-corrected chi connectivity index (χ3v) is 4.85. The molecule has 2 unspecified atom stereocenters. The first kappa shape index (κ1) is 15.6. The summed E-state index contributed by atoms with van der Waals surface area (Å²) >= 11 is 0. The van der Waals surface area contributed by atoms with E-state index in [4.69, 9.17) is 9.47 Å². The van der Waals surface area contributed by atoms with Gasteiger partial charge in [0.2, 0.25) is 0 Å². The second-order valence-electron chi connectivity index (χ2n) is 5.96. The molecule has 120 valence electrons. The van der Waals surface area contributed by atoms with Gasteiger partial charge in [-0.05, 0) is 59.6 Å². The molecule has 2 atom stereocenters. The molecule has 0 radical (unpaired) electrons. The van der Waals surface area contributed by atoms with Gasteiger partial charge < -0.3 is 14.3 Å². The molecule has 0 heterocycles. The molecular weight excluding hydrogens is 288 g/mol. The van der Waals surface area contributed by atoms with Gasteiger partial charge in [-0.15, -0.1) is 0 Å². The van der Waals surface area contributed by atoms with Gasteiger partial charge in [0.1, 0.15) is 17.8 Å². The number of hydrogen-bond acceptors (Lipinski definition) is 3. The maximum absolute atomic E-state index is 11.3. The van der Waals surface area contributed by atoms with Crippen LogP contribution in [0, 0.1) is 0 Å². The molecule has 0 bridgehead atoms. The predicted molar refractivity (Wildman–Crippen MR) is 90.5 cm³/mol. The maximum atomic E-state index is 11.3. The zero-order valence-electron chi connectivity index (χ0n) is 13.6. The largest absolute Gasteiger partial charge is 0.497 e. The van der Waals surface area contributed by atoms with Crippen molar-refractivity contribution in [3.05, 3.63) is 59.2 Å². The van der Waals surface area contributed by atoms with Crippen LogP contribution in [-0.2, 0) is 11.2 Å². The number of ether oxygens (including phenoxy) is 2. The number of benzene rings is 2.